The van der Waals surface area contributed by atoms with Gasteiger partial charge in [0.05, 0.1) is 11.9 Å². The van der Waals surface area contributed by atoms with Crippen LogP contribution in [0.15, 0.2) is 0 Å². The molecule has 2 N–H and O–H groups in total. The molecule has 0 fully saturated rings. The van der Waals surface area contributed by atoms with Crippen LogP contribution in [-0.2, 0) is 19.2 Å². The van der Waals surface area contributed by atoms with Crippen molar-refractivity contribution in [3.63, 3.8) is 0 Å². The molecule has 0 heterocycles. The van der Waals surface area contributed by atoms with Gasteiger partial charge in [-0.05, 0) is 12.8 Å². The molecule has 0 bridgehead atoms. The molecule has 25 heavy (non-hydrogen) atoms. The Morgan fingerprint density at radius 1 is 0.760 bits per heavy atom. The van der Waals surface area contributed by atoms with Gasteiger partial charge in [0.25, 0.3) is 0 Å². The van der Waals surface area contributed by atoms with E-state index in [9.17, 15) is 39.6 Å². The van der Waals surface area contributed by atoms with Crippen molar-refractivity contribution in [1.29, 1.82) is 0 Å². The average molecular weight is 471 g/mol. The first-order valence-corrected chi connectivity index (χ1v) is 15.6. The molecule has 0 saturated carbocycles. The zero-order valence-electron chi connectivity index (χ0n) is 14.7. The standard InChI is InChI=1S/2C6H10O5.2CH3.Sn.2H/c2*1-2-6(11,5(9)10)3-4(7)8;;;;;/h2*11H,2-3H2,1H3,(H,7,8)(H,9,10);2*1H3;;;/q;;;;+4;;/p-4. The van der Waals surface area contributed by atoms with Gasteiger partial charge in [0.1, 0.15) is 11.2 Å². The van der Waals surface area contributed by atoms with Gasteiger partial charge in [0, 0.05) is 24.8 Å². The van der Waals surface area contributed by atoms with Crippen LogP contribution >= 0.6 is 0 Å². The van der Waals surface area contributed by atoms with Crippen molar-refractivity contribution in [2.24, 2.45) is 0 Å². The quantitative estimate of drug-likeness (QED) is 0.322. The van der Waals surface area contributed by atoms with Crippen LogP contribution in [0.3, 0.4) is 0 Å². The van der Waals surface area contributed by atoms with Gasteiger partial charge in [0.2, 0.25) is 0 Å². The van der Waals surface area contributed by atoms with Gasteiger partial charge < -0.3 is 49.8 Å². The SMILES string of the molecule is CCC(O)(CC(=O)[O-])C(=O)[O-].CCC(O)(CC(=O)[O-])C(=O)[O-].[CH3][SnH2+4][CH3]. The second kappa shape index (κ2) is 13.8. The first-order chi connectivity index (χ1) is 11.3. The van der Waals surface area contributed by atoms with Crippen LogP contribution in [-0.4, -0.2) is 66.4 Å². The van der Waals surface area contributed by atoms with E-state index in [-0.39, 0.29) is 34.0 Å². The molecule has 0 spiro atoms. The van der Waals surface area contributed by atoms with E-state index >= 15 is 0 Å². The summed E-state index contributed by atoms with van der Waals surface area (Å²) in [6.07, 6.45) is -2.32. The average Bonchev–Trinajstić information content (AvgIpc) is 2.46. The number of aliphatic hydroxyl groups is 2. The van der Waals surface area contributed by atoms with Crippen molar-refractivity contribution in [3.05, 3.63) is 0 Å². The van der Waals surface area contributed by atoms with Crippen molar-refractivity contribution in [1.82, 2.24) is 0 Å². The van der Waals surface area contributed by atoms with Crippen LogP contribution in [0.4, 0.5) is 0 Å². The summed E-state index contributed by atoms with van der Waals surface area (Å²) in [5, 5.41) is 58.1. The first-order valence-electron chi connectivity index (χ1n) is 7.53. The number of hydrogen-bond donors (Lipinski definition) is 2. The van der Waals surface area contributed by atoms with E-state index in [1.54, 1.807) is 0 Å². The van der Waals surface area contributed by atoms with Crippen LogP contribution in [0.1, 0.15) is 39.5 Å². The molecular weight excluding hydrogens is 447 g/mol. The van der Waals surface area contributed by atoms with Crippen LogP contribution < -0.4 is 20.4 Å². The second-order valence-corrected chi connectivity index (χ2v) is 9.19. The van der Waals surface area contributed by atoms with Crippen LogP contribution in [0.25, 0.3) is 0 Å². The summed E-state index contributed by atoms with van der Waals surface area (Å²) in [5.41, 5.74) is -4.59. The molecule has 2 atom stereocenters. The Morgan fingerprint density at radius 2 is 0.960 bits per heavy atom. The van der Waals surface area contributed by atoms with Gasteiger partial charge >= 0.3 is 31.0 Å². The predicted molar refractivity (Wildman–Crippen MR) is 80.0 cm³/mol. The van der Waals surface area contributed by atoms with E-state index in [0.29, 0.717) is 0 Å². The number of carboxylic acids is 4. The first kappa shape index (κ1) is 28.4. The van der Waals surface area contributed by atoms with Gasteiger partial charge in [-0.1, -0.05) is 13.8 Å². The topological polar surface area (TPSA) is 201 Å². The van der Waals surface area contributed by atoms with Gasteiger partial charge in [0.15, 0.2) is 0 Å². The Morgan fingerprint density at radius 3 is 1.00 bits per heavy atom. The third-order valence-electron chi connectivity index (χ3n) is 2.80. The van der Waals surface area contributed by atoms with Gasteiger partial charge in [-0.2, -0.15) is 0 Å². The van der Waals surface area contributed by atoms with Crippen molar-refractivity contribution in [2.45, 2.75) is 60.6 Å². The van der Waals surface area contributed by atoms with Crippen LogP contribution in [0.5, 0.6) is 0 Å². The molecule has 0 rings (SSSR count). The van der Waals surface area contributed by atoms with E-state index in [1.807, 2.05) is 0 Å². The Bertz CT molecular complexity index is 413. The molecule has 0 saturated heterocycles. The third kappa shape index (κ3) is 13.6. The molecule has 11 heteroatoms. The molecule has 0 aromatic rings. The van der Waals surface area contributed by atoms with Crippen molar-refractivity contribution >= 4 is 45.0 Å². The molecule has 0 aliphatic rings. The number of hydrogen-bond acceptors (Lipinski definition) is 10. The van der Waals surface area contributed by atoms with E-state index in [0.717, 1.165) is 0 Å². The minimum absolute atomic E-state index is 0.01000. The third-order valence-corrected chi connectivity index (χ3v) is 2.80. The number of aliphatic carboxylic acids is 4. The number of rotatable bonds is 8. The molecule has 0 amide bonds. The van der Waals surface area contributed by atoms with Crippen LogP contribution in [0.2, 0.25) is 9.88 Å². The molecular formula is C14H24O10Sn. The maximum atomic E-state index is 10.1. The summed E-state index contributed by atoms with van der Waals surface area (Å²) in [6, 6.07) is 0. The summed E-state index contributed by atoms with van der Waals surface area (Å²) < 4.78 is 0. The normalized spacial score (nSPS) is 14.3. The summed E-state index contributed by atoms with van der Waals surface area (Å²) in [5.74, 6) is -6.80. The summed E-state index contributed by atoms with van der Waals surface area (Å²) in [6.45, 7) is 2.69. The predicted octanol–water partition coefficient (Wildman–Crippen LogP) is -5.71. The summed E-state index contributed by atoms with van der Waals surface area (Å²) in [7, 11) is 0. The van der Waals surface area contributed by atoms with Gasteiger partial charge in [-0.15, -0.1) is 0 Å². The molecule has 2 unspecified atom stereocenters. The Balaban J connectivity index is -0.000000334. The fourth-order valence-electron chi connectivity index (χ4n) is 1.16. The van der Waals surface area contributed by atoms with Gasteiger partial charge in [-0.25, -0.2) is 0 Å². The number of carbonyl (C=O) groups excluding carboxylic acids is 4. The Kier molecular flexibility index (Phi) is 15.7. The zero-order chi connectivity index (χ0) is 20.8. The van der Waals surface area contributed by atoms with E-state index < -0.39 is 47.9 Å². The molecule has 0 aliphatic heterocycles. The fourth-order valence-corrected chi connectivity index (χ4v) is 1.16. The molecule has 144 valence electrons. The monoisotopic (exact) mass is 472 g/mol. The Labute approximate surface area is 155 Å². The van der Waals surface area contributed by atoms with Crippen molar-refractivity contribution in [2.75, 3.05) is 0 Å². The van der Waals surface area contributed by atoms with Gasteiger partial charge in [-0.3, -0.25) is 0 Å². The Hall–Kier alpha value is -1.40. The molecule has 4 radical (unpaired) electrons. The number of carboxylic acid groups (broad SMARTS) is 4. The molecule has 0 aromatic heterocycles. The van der Waals surface area contributed by atoms with E-state index in [1.165, 1.54) is 13.8 Å². The van der Waals surface area contributed by atoms with Crippen LogP contribution in [0, 0.1) is 0 Å². The number of carbonyl (C=O) groups is 4. The summed E-state index contributed by atoms with van der Waals surface area (Å²) in [4.78, 5) is 44.8. The molecule has 0 aliphatic carbocycles. The zero-order valence-corrected chi connectivity index (χ0v) is 18.7. The maximum absolute atomic E-state index is 10.1. The molecule has 0 aromatic carbocycles. The van der Waals surface area contributed by atoms with Crippen molar-refractivity contribution in [3.8, 4) is 0 Å². The second-order valence-electron chi connectivity index (χ2n) is 5.15. The van der Waals surface area contributed by atoms with E-state index in [4.69, 9.17) is 10.2 Å². The van der Waals surface area contributed by atoms with E-state index in [2.05, 4.69) is 9.88 Å². The minimum atomic E-state index is -2.29. The summed E-state index contributed by atoms with van der Waals surface area (Å²) >= 11 is -0.01000. The molecule has 10 nitrogen and oxygen atoms in total. The van der Waals surface area contributed by atoms with Crippen molar-refractivity contribution < 1.29 is 49.8 Å². The fraction of sp³-hybridized carbons (Fsp3) is 0.714.